The van der Waals surface area contributed by atoms with Gasteiger partial charge in [-0.05, 0) is 18.6 Å². The van der Waals surface area contributed by atoms with Crippen LogP contribution in [0.25, 0.3) is 0 Å². The maximum atomic E-state index is 6.03. The summed E-state index contributed by atoms with van der Waals surface area (Å²) in [5.41, 5.74) is 7.41. The molecule has 1 rings (SSSR count). The fourth-order valence-corrected chi connectivity index (χ4v) is 1.74. The molecule has 2 nitrogen and oxygen atoms in total. The third-order valence-corrected chi connectivity index (χ3v) is 2.69. The minimum atomic E-state index is 0.700. The Morgan fingerprint density at radius 3 is 2.73 bits per heavy atom. The molecule has 0 saturated carbocycles. The Morgan fingerprint density at radius 1 is 1.27 bits per heavy atom. The first kappa shape index (κ1) is 12.2. The van der Waals surface area contributed by atoms with Crippen LogP contribution in [0.3, 0.4) is 0 Å². The standard InChI is InChI=1S/C12H19ClN2/c1-2-3-4-5-9-15-12-10(13)7-6-8-11(12)14/h6-8,15H,2-5,9,14H2,1H3. The number of benzene rings is 1. The average molecular weight is 227 g/mol. The molecular weight excluding hydrogens is 208 g/mol. The molecule has 1 aromatic rings. The lowest BCUT2D eigenvalue weighted by molar-refractivity contribution is 0.685. The van der Waals surface area contributed by atoms with Crippen molar-refractivity contribution in [3.05, 3.63) is 23.2 Å². The molecule has 0 saturated heterocycles. The van der Waals surface area contributed by atoms with Gasteiger partial charge in [0.1, 0.15) is 0 Å². The SMILES string of the molecule is CCCCCCNc1c(N)cccc1Cl. The zero-order valence-electron chi connectivity index (χ0n) is 9.22. The van der Waals surface area contributed by atoms with Crippen molar-refractivity contribution in [2.24, 2.45) is 0 Å². The van der Waals surface area contributed by atoms with Crippen molar-refractivity contribution in [3.63, 3.8) is 0 Å². The zero-order chi connectivity index (χ0) is 11.1. The van der Waals surface area contributed by atoms with Crippen LogP contribution in [0.2, 0.25) is 5.02 Å². The molecule has 3 N–H and O–H groups in total. The molecular formula is C12H19ClN2. The van der Waals surface area contributed by atoms with Gasteiger partial charge in [-0.15, -0.1) is 0 Å². The summed E-state index contributed by atoms with van der Waals surface area (Å²) in [6.45, 7) is 3.15. The number of hydrogen-bond donors (Lipinski definition) is 2. The molecule has 0 amide bonds. The lowest BCUT2D eigenvalue weighted by atomic mass is 10.2. The summed E-state index contributed by atoms with van der Waals surface area (Å²) in [4.78, 5) is 0. The molecule has 0 bridgehead atoms. The first-order valence-electron chi connectivity index (χ1n) is 5.53. The van der Waals surface area contributed by atoms with Crippen LogP contribution >= 0.6 is 11.6 Å². The Bertz CT molecular complexity index is 279. The van der Waals surface area contributed by atoms with Crippen molar-refractivity contribution in [2.45, 2.75) is 32.6 Å². The Hall–Kier alpha value is -0.890. The number of nitrogens with two attached hydrogens (primary N) is 1. The van der Waals surface area contributed by atoms with E-state index in [0.717, 1.165) is 17.9 Å². The van der Waals surface area contributed by atoms with Gasteiger partial charge in [0.15, 0.2) is 0 Å². The van der Waals surface area contributed by atoms with Gasteiger partial charge >= 0.3 is 0 Å². The molecule has 3 heteroatoms. The molecule has 0 unspecified atom stereocenters. The van der Waals surface area contributed by atoms with Crippen molar-refractivity contribution < 1.29 is 0 Å². The predicted octanol–water partition coefficient (Wildman–Crippen LogP) is 3.91. The monoisotopic (exact) mass is 226 g/mol. The second kappa shape index (κ2) is 6.57. The zero-order valence-corrected chi connectivity index (χ0v) is 9.98. The normalized spacial score (nSPS) is 10.3. The summed E-state index contributed by atoms with van der Waals surface area (Å²) in [6.07, 6.45) is 4.97. The van der Waals surface area contributed by atoms with Crippen LogP contribution in [0, 0.1) is 0 Å². The summed E-state index contributed by atoms with van der Waals surface area (Å²) in [5.74, 6) is 0. The number of halogens is 1. The van der Waals surface area contributed by atoms with Crippen molar-refractivity contribution in [1.82, 2.24) is 0 Å². The predicted molar refractivity (Wildman–Crippen MR) is 68.5 cm³/mol. The van der Waals surface area contributed by atoms with Gasteiger partial charge in [0, 0.05) is 6.54 Å². The third kappa shape index (κ3) is 4.00. The maximum absolute atomic E-state index is 6.03. The number of para-hydroxylation sites is 1. The number of nitrogen functional groups attached to an aromatic ring is 1. The average Bonchev–Trinajstić information content (AvgIpc) is 2.21. The van der Waals surface area contributed by atoms with Crippen molar-refractivity contribution in [1.29, 1.82) is 0 Å². The van der Waals surface area contributed by atoms with E-state index in [0.29, 0.717) is 5.02 Å². The Morgan fingerprint density at radius 2 is 2.07 bits per heavy atom. The number of unbranched alkanes of at least 4 members (excludes halogenated alkanes) is 3. The molecule has 0 atom stereocenters. The van der Waals surface area contributed by atoms with Gasteiger partial charge in [-0.3, -0.25) is 0 Å². The largest absolute Gasteiger partial charge is 0.397 e. The number of nitrogens with one attached hydrogen (secondary N) is 1. The summed E-state index contributed by atoms with van der Waals surface area (Å²) in [7, 11) is 0. The molecule has 15 heavy (non-hydrogen) atoms. The number of hydrogen-bond acceptors (Lipinski definition) is 2. The van der Waals surface area contributed by atoms with Crippen LogP contribution in [0.1, 0.15) is 32.6 Å². The Balaban J connectivity index is 2.37. The molecule has 84 valence electrons. The van der Waals surface area contributed by atoms with E-state index in [-0.39, 0.29) is 0 Å². The van der Waals surface area contributed by atoms with Gasteiger partial charge in [-0.1, -0.05) is 43.9 Å². The van der Waals surface area contributed by atoms with E-state index in [4.69, 9.17) is 17.3 Å². The van der Waals surface area contributed by atoms with Crippen LogP contribution in [0.4, 0.5) is 11.4 Å². The van der Waals surface area contributed by atoms with Crippen LogP contribution < -0.4 is 11.1 Å². The van der Waals surface area contributed by atoms with E-state index in [2.05, 4.69) is 12.2 Å². The molecule has 0 aromatic heterocycles. The van der Waals surface area contributed by atoms with Gasteiger partial charge in [-0.25, -0.2) is 0 Å². The van der Waals surface area contributed by atoms with E-state index >= 15 is 0 Å². The van der Waals surface area contributed by atoms with Crippen molar-refractivity contribution in [2.75, 3.05) is 17.6 Å². The molecule has 0 aliphatic rings. The molecule has 0 aliphatic carbocycles. The first-order chi connectivity index (χ1) is 7.25. The summed E-state index contributed by atoms with van der Waals surface area (Å²) < 4.78 is 0. The summed E-state index contributed by atoms with van der Waals surface area (Å²) >= 11 is 6.03. The fourth-order valence-electron chi connectivity index (χ4n) is 1.49. The molecule has 1 aromatic carbocycles. The highest BCUT2D eigenvalue weighted by atomic mass is 35.5. The number of rotatable bonds is 6. The quantitative estimate of drug-likeness (QED) is 0.570. The second-order valence-corrected chi connectivity index (χ2v) is 4.10. The summed E-state index contributed by atoms with van der Waals surface area (Å²) in [5, 5.41) is 3.98. The number of anilines is 2. The van der Waals surface area contributed by atoms with E-state index in [9.17, 15) is 0 Å². The van der Waals surface area contributed by atoms with Gasteiger partial charge in [-0.2, -0.15) is 0 Å². The highest BCUT2D eigenvalue weighted by Gasteiger charge is 2.02. The van der Waals surface area contributed by atoms with Gasteiger partial charge in [0.25, 0.3) is 0 Å². The van der Waals surface area contributed by atoms with E-state index in [1.165, 1.54) is 25.7 Å². The topological polar surface area (TPSA) is 38.0 Å². The van der Waals surface area contributed by atoms with E-state index < -0.39 is 0 Å². The van der Waals surface area contributed by atoms with Gasteiger partial charge < -0.3 is 11.1 Å². The van der Waals surface area contributed by atoms with Gasteiger partial charge in [0.05, 0.1) is 16.4 Å². The smallest absolute Gasteiger partial charge is 0.0763 e. The lowest BCUT2D eigenvalue weighted by Gasteiger charge is -2.10. The summed E-state index contributed by atoms with van der Waals surface area (Å²) in [6, 6.07) is 5.58. The minimum absolute atomic E-state index is 0.700. The molecule has 0 spiro atoms. The van der Waals surface area contributed by atoms with Crippen LogP contribution in [0.15, 0.2) is 18.2 Å². The van der Waals surface area contributed by atoms with E-state index in [1.54, 1.807) is 0 Å². The third-order valence-electron chi connectivity index (χ3n) is 2.38. The van der Waals surface area contributed by atoms with Crippen LogP contribution in [-0.4, -0.2) is 6.54 Å². The molecule has 0 fully saturated rings. The molecule has 0 aliphatic heterocycles. The highest BCUT2D eigenvalue weighted by Crippen LogP contribution is 2.27. The van der Waals surface area contributed by atoms with Crippen LogP contribution in [-0.2, 0) is 0 Å². The maximum Gasteiger partial charge on any atom is 0.0763 e. The van der Waals surface area contributed by atoms with Gasteiger partial charge in [0.2, 0.25) is 0 Å². The first-order valence-corrected chi connectivity index (χ1v) is 5.91. The molecule has 0 radical (unpaired) electrons. The highest BCUT2D eigenvalue weighted by molar-refractivity contribution is 6.33. The van der Waals surface area contributed by atoms with E-state index in [1.807, 2.05) is 18.2 Å². The fraction of sp³-hybridized carbons (Fsp3) is 0.500. The van der Waals surface area contributed by atoms with Crippen molar-refractivity contribution in [3.8, 4) is 0 Å². The van der Waals surface area contributed by atoms with Crippen molar-refractivity contribution >= 4 is 23.0 Å². The lowest BCUT2D eigenvalue weighted by Crippen LogP contribution is -2.04. The van der Waals surface area contributed by atoms with Crippen LogP contribution in [0.5, 0.6) is 0 Å². The minimum Gasteiger partial charge on any atom is -0.397 e. The Kier molecular flexibility index (Phi) is 5.33. The molecule has 0 heterocycles. The second-order valence-electron chi connectivity index (χ2n) is 3.69. The Labute approximate surface area is 96.8 Å².